The first-order valence-corrected chi connectivity index (χ1v) is 8.76. The molecule has 2 aromatic carbocycles. The van der Waals surface area contributed by atoms with Crippen molar-refractivity contribution >= 4 is 17.5 Å². The Morgan fingerprint density at radius 3 is 2.52 bits per heavy atom. The third kappa shape index (κ3) is 5.44. The highest BCUT2D eigenvalue weighted by Crippen LogP contribution is 2.28. The molecule has 0 fully saturated rings. The van der Waals surface area contributed by atoms with Gasteiger partial charge in [0.1, 0.15) is 5.56 Å². The normalized spacial score (nSPS) is 10.2. The van der Waals surface area contributed by atoms with E-state index in [0.717, 1.165) is 0 Å². The number of para-hydroxylation sites is 1. The number of benzene rings is 2. The molecule has 9 heteroatoms. The van der Waals surface area contributed by atoms with E-state index in [1.54, 1.807) is 51.4 Å². The highest BCUT2D eigenvalue weighted by Gasteiger charge is 2.22. The van der Waals surface area contributed by atoms with E-state index in [-0.39, 0.29) is 30.3 Å². The SMILES string of the molecule is COc1cc(CNC(=O)c2cccc(C)c2[N+](=O)[O-])ccc1OCC(=O)N(C)C. The first kappa shape index (κ1) is 21.7. The van der Waals surface area contributed by atoms with Crippen LogP contribution in [0, 0.1) is 17.0 Å². The molecule has 0 aliphatic heterocycles. The van der Waals surface area contributed by atoms with E-state index in [9.17, 15) is 19.7 Å². The lowest BCUT2D eigenvalue weighted by Crippen LogP contribution is -2.27. The fourth-order valence-electron chi connectivity index (χ4n) is 2.57. The lowest BCUT2D eigenvalue weighted by atomic mass is 10.1. The Labute approximate surface area is 168 Å². The molecule has 154 valence electrons. The highest BCUT2D eigenvalue weighted by atomic mass is 16.6. The number of carbonyl (C=O) groups is 2. The van der Waals surface area contributed by atoms with Gasteiger partial charge in [-0.1, -0.05) is 18.2 Å². The molecular formula is C20H23N3O6. The van der Waals surface area contributed by atoms with Gasteiger partial charge in [0.05, 0.1) is 12.0 Å². The molecule has 0 bridgehead atoms. The first-order chi connectivity index (χ1) is 13.7. The summed E-state index contributed by atoms with van der Waals surface area (Å²) < 4.78 is 10.8. The summed E-state index contributed by atoms with van der Waals surface area (Å²) in [6.45, 7) is 1.59. The molecule has 0 heterocycles. The Balaban J connectivity index is 2.10. The molecule has 0 aromatic heterocycles. The van der Waals surface area contributed by atoms with Gasteiger partial charge in [0.2, 0.25) is 0 Å². The number of nitro benzene ring substituents is 1. The van der Waals surface area contributed by atoms with Crippen LogP contribution in [-0.4, -0.2) is 49.4 Å². The van der Waals surface area contributed by atoms with E-state index in [0.29, 0.717) is 22.6 Å². The predicted molar refractivity (Wildman–Crippen MR) is 106 cm³/mol. The summed E-state index contributed by atoms with van der Waals surface area (Å²) in [5.74, 6) is 0.0661. The monoisotopic (exact) mass is 401 g/mol. The van der Waals surface area contributed by atoms with Crippen molar-refractivity contribution in [2.45, 2.75) is 13.5 Å². The lowest BCUT2D eigenvalue weighted by molar-refractivity contribution is -0.385. The van der Waals surface area contributed by atoms with Gasteiger partial charge >= 0.3 is 0 Å². The van der Waals surface area contributed by atoms with Gasteiger partial charge in [-0.15, -0.1) is 0 Å². The van der Waals surface area contributed by atoms with Crippen LogP contribution in [0.25, 0.3) is 0 Å². The van der Waals surface area contributed by atoms with Crippen molar-refractivity contribution in [3.63, 3.8) is 0 Å². The number of hydrogen-bond acceptors (Lipinski definition) is 6. The molecule has 0 radical (unpaired) electrons. The molecule has 0 atom stereocenters. The zero-order chi connectivity index (χ0) is 21.6. The molecule has 0 aliphatic carbocycles. The number of carbonyl (C=O) groups excluding carboxylic acids is 2. The summed E-state index contributed by atoms with van der Waals surface area (Å²) in [6, 6.07) is 9.61. The molecule has 0 saturated heterocycles. The number of nitrogens with one attached hydrogen (secondary N) is 1. The predicted octanol–water partition coefficient (Wildman–Crippen LogP) is 2.31. The smallest absolute Gasteiger partial charge is 0.285 e. The van der Waals surface area contributed by atoms with Crippen LogP contribution in [0.1, 0.15) is 21.5 Å². The quantitative estimate of drug-likeness (QED) is 0.537. The van der Waals surface area contributed by atoms with E-state index >= 15 is 0 Å². The van der Waals surface area contributed by atoms with Crippen LogP contribution < -0.4 is 14.8 Å². The molecule has 2 rings (SSSR count). The molecular weight excluding hydrogens is 378 g/mol. The Hall–Kier alpha value is -3.62. The molecule has 2 aromatic rings. The van der Waals surface area contributed by atoms with E-state index in [1.165, 1.54) is 18.1 Å². The summed E-state index contributed by atoms with van der Waals surface area (Å²) >= 11 is 0. The Bertz CT molecular complexity index is 926. The fraction of sp³-hybridized carbons (Fsp3) is 0.300. The van der Waals surface area contributed by atoms with Crippen LogP contribution in [0.4, 0.5) is 5.69 Å². The third-order valence-corrected chi connectivity index (χ3v) is 4.20. The van der Waals surface area contributed by atoms with Crippen molar-refractivity contribution in [3.05, 3.63) is 63.2 Å². The van der Waals surface area contributed by atoms with Gasteiger partial charge in [0, 0.05) is 26.2 Å². The van der Waals surface area contributed by atoms with E-state index in [1.807, 2.05) is 0 Å². The average molecular weight is 401 g/mol. The minimum absolute atomic E-state index is 0.00381. The topological polar surface area (TPSA) is 111 Å². The molecule has 0 saturated carbocycles. The Morgan fingerprint density at radius 1 is 1.17 bits per heavy atom. The van der Waals surface area contributed by atoms with Crippen molar-refractivity contribution in [1.29, 1.82) is 0 Å². The van der Waals surface area contributed by atoms with Crippen molar-refractivity contribution in [1.82, 2.24) is 10.2 Å². The molecule has 9 nitrogen and oxygen atoms in total. The Morgan fingerprint density at radius 2 is 1.90 bits per heavy atom. The molecule has 0 unspecified atom stereocenters. The minimum atomic E-state index is -0.561. The summed E-state index contributed by atoms with van der Waals surface area (Å²) in [5, 5.41) is 13.9. The van der Waals surface area contributed by atoms with Gasteiger partial charge in [-0.2, -0.15) is 0 Å². The second-order valence-corrected chi connectivity index (χ2v) is 6.47. The van der Waals surface area contributed by atoms with Crippen molar-refractivity contribution in [2.24, 2.45) is 0 Å². The number of nitrogens with zero attached hydrogens (tertiary/aromatic N) is 2. The molecule has 29 heavy (non-hydrogen) atoms. The largest absolute Gasteiger partial charge is 0.493 e. The number of aryl methyl sites for hydroxylation is 1. The van der Waals surface area contributed by atoms with Crippen LogP contribution in [0.3, 0.4) is 0 Å². The third-order valence-electron chi connectivity index (χ3n) is 4.20. The molecule has 2 amide bonds. The number of nitro groups is 1. The van der Waals surface area contributed by atoms with Crippen LogP contribution in [-0.2, 0) is 11.3 Å². The van der Waals surface area contributed by atoms with Crippen LogP contribution in [0.5, 0.6) is 11.5 Å². The van der Waals surface area contributed by atoms with Crippen molar-refractivity contribution in [3.8, 4) is 11.5 Å². The second kappa shape index (κ2) is 9.54. The summed E-state index contributed by atoms with van der Waals surface area (Å²) in [7, 11) is 4.73. The second-order valence-electron chi connectivity index (χ2n) is 6.47. The maximum Gasteiger partial charge on any atom is 0.285 e. The van der Waals surface area contributed by atoms with Gasteiger partial charge in [-0.25, -0.2) is 0 Å². The molecule has 1 N–H and O–H groups in total. The van der Waals surface area contributed by atoms with Crippen molar-refractivity contribution in [2.75, 3.05) is 27.8 Å². The number of amides is 2. The maximum atomic E-state index is 12.4. The summed E-state index contributed by atoms with van der Waals surface area (Å²) in [6.07, 6.45) is 0. The van der Waals surface area contributed by atoms with E-state index in [4.69, 9.17) is 9.47 Å². The molecule has 0 spiro atoms. The number of ether oxygens (including phenoxy) is 2. The zero-order valence-corrected chi connectivity index (χ0v) is 16.7. The molecule has 0 aliphatic rings. The average Bonchev–Trinajstić information content (AvgIpc) is 2.69. The fourth-order valence-corrected chi connectivity index (χ4v) is 2.57. The number of methoxy groups -OCH3 is 1. The summed E-state index contributed by atoms with van der Waals surface area (Å²) in [4.78, 5) is 36.2. The van der Waals surface area contributed by atoms with E-state index in [2.05, 4.69) is 5.32 Å². The zero-order valence-electron chi connectivity index (χ0n) is 16.7. The minimum Gasteiger partial charge on any atom is -0.493 e. The van der Waals surface area contributed by atoms with E-state index < -0.39 is 10.8 Å². The van der Waals surface area contributed by atoms with Crippen LogP contribution >= 0.6 is 0 Å². The van der Waals surface area contributed by atoms with Gasteiger partial charge in [0.15, 0.2) is 18.1 Å². The maximum absolute atomic E-state index is 12.4. The number of likely N-dealkylation sites (N-methyl/N-ethyl adjacent to an activating group) is 1. The van der Waals surface area contributed by atoms with Gasteiger partial charge < -0.3 is 19.7 Å². The van der Waals surface area contributed by atoms with Gasteiger partial charge in [0.25, 0.3) is 17.5 Å². The highest BCUT2D eigenvalue weighted by molar-refractivity contribution is 5.98. The van der Waals surface area contributed by atoms with Crippen molar-refractivity contribution < 1.29 is 24.0 Å². The summed E-state index contributed by atoms with van der Waals surface area (Å²) in [5.41, 5.74) is 0.913. The first-order valence-electron chi connectivity index (χ1n) is 8.76. The number of rotatable bonds is 8. The standard InChI is InChI=1S/C20H23N3O6/c1-13-6-5-7-15(19(13)23(26)27)20(25)21-11-14-8-9-16(17(10-14)28-4)29-12-18(24)22(2)3/h5-10H,11-12H2,1-4H3,(H,21,25). The van der Waals surface area contributed by atoms with Gasteiger partial charge in [-0.05, 0) is 30.7 Å². The number of hydrogen-bond donors (Lipinski definition) is 1. The Kier molecular flexibility index (Phi) is 7.13. The van der Waals surface area contributed by atoms with Crippen LogP contribution in [0.2, 0.25) is 0 Å². The lowest BCUT2D eigenvalue weighted by Gasteiger charge is -2.14. The van der Waals surface area contributed by atoms with Gasteiger partial charge in [-0.3, -0.25) is 19.7 Å². The van der Waals surface area contributed by atoms with Crippen LogP contribution in [0.15, 0.2) is 36.4 Å².